The van der Waals surface area contributed by atoms with E-state index < -0.39 is 87.0 Å². The van der Waals surface area contributed by atoms with E-state index in [-0.39, 0.29) is 55.8 Å². The second-order valence-corrected chi connectivity index (χ2v) is 12.7. The number of pyridine rings is 1. The van der Waals surface area contributed by atoms with Gasteiger partial charge in [0.15, 0.2) is 0 Å². The number of rotatable bonds is 8. The van der Waals surface area contributed by atoms with Gasteiger partial charge in [-0.1, -0.05) is 18.2 Å². The van der Waals surface area contributed by atoms with Crippen LogP contribution in [0.4, 0.5) is 26.7 Å². The zero-order valence-corrected chi connectivity index (χ0v) is 27.2. The van der Waals surface area contributed by atoms with Crippen LogP contribution in [0.15, 0.2) is 30.3 Å². The molecule has 1 aromatic heterocycles. The molecule has 0 spiro atoms. The Morgan fingerprint density at radius 1 is 1.21 bits per heavy atom. The molecule has 1 aromatic carbocycles. The maximum Gasteiger partial charge on any atom is 1.00 e. The van der Waals surface area contributed by atoms with Crippen molar-refractivity contribution < 1.29 is 69.5 Å². The van der Waals surface area contributed by atoms with E-state index in [1.54, 1.807) is 0 Å². The molecule has 3 rings (SSSR count). The first kappa shape index (κ1) is 38.2. The Balaban J connectivity index is 0.00000441. The molecule has 226 valence electrons. The molecule has 3 N–H and O–H groups in total. The van der Waals surface area contributed by atoms with E-state index in [1.807, 2.05) is 4.72 Å². The van der Waals surface area contributed by atoms with Gasteiger partial charge in [-0.15, -0.1) is 0 Å². The summed E-state index contributed by atoms with van der Waals surface area (Å²) in [5.74, 6) is -9.64. The summed E-state index contributed by atoms with van der Waals surface area (Å²) in [5.41, 5.74) is 2.46. The Labute approximate surface area is 266 Å². The number of hydrogen-bond donors (Lipinski definition) is 2. The molecule has 2 atom stereocenters. The van der Waals surface area contributed by atoms with Crippen LogP contribution in [0, 0.1) is 12.7 Å². The first-order chi connectivity index (χ1) is 18.3. The number of nitrogens with two attached hydrogens (primary N) is 1. The van der Waals surface area contributed by atoms with Gasteiger partial charge in [-0.3, -0.25) is 4.90 Å². The summed E-state index contributed by atoms with van der Waals surface area (Å²) < 4.78 is 109. The number of nitrogens with zero attached hydrogens (tertiary/aromatic N) is 2. The van der Waals surface area contributed by atoms with Crippen molar-refractivity contribution >= 4 is 24.5 Å². The Hall–Kier alpha value is -1.78. The molecule has 0 aliphatic carbocycles. The number of benzene rings is 1. The zero-order valence-electron chi connectivity index (χ0n) is 24.4. The van der Waals surface area contributed by atoms with Crippen molar-refractivity contribution in [1.29, 1.82) is 0 Å². The van der Waals surface area contributed by atoms with Crippen LogP contribution in [-0.4, -0.2) is 68.7 Å². The summed E-state index contributed by atoms with van der Waals surface area (Å²) in [5, 5.41) is 0. The normalized spacial score (nSPS) is 18.7. The third kappa shape index (κ3) is 8.44. The Bertz CT molecular complexity index is 1380. The largest absolute Gasteiger partial charge is 1.00 e. The number of amides is 1. The van der Waals surface area contributed by atoms with E-state index >= 15 is 22.0 Å². The van der Waals surface area contributed by atoms with Crippen molar-refractivity contribution in [3.05, 3.63) is 64.2 Å². The monoisotopic (exact) mass is 626 g/mol. The van der Waals surface area contributed by atoms with Gasteiger partial charge in [-0.05, 0) is 64.3 Å². The molecular weight excluding hydrogens is 593 g/mol. The molecule has 0 saturated carbocycles. The summed E-state index contributed by atoms with van der Waals surface area (Å²) in [7, 11) is -4.21. The molecule has 0 unspecified atom stereocenters. The molecule has 1 fully saturated rings. The van der Waals surface area contributed by atoms with Gasteiger partial charge in [0.25, 0.3) is 5.92 Å². The number of likely N-dealkylation sites (tertiary alicyclic amines) is 1. The molecule has 1 saturated heterocycles. The Morgan fingerprint density at radius 2 is 1.83 bits per heavy atom. The van der Waals surface area contributed by atoms with Gasteiger partial charge < -0.3 is 18.9 Å². The summed E-state index contributed by atoms with van der Waals surface area (Å²) in [4.78, 5) is 17.4. The fourth-order valence-corrected chi connectivity index (χ4v) is 5.31. The van der Waals surface area contributed by atoms with E-state index in [9.17, 15) is 13.2 Å². The maximum absolute atomic E-state index is 15.8. The number of sulfonamides is 1. The SMILES string of the molecule is CCS(=O)(=O)N[C@@H]1[C@H](Cc2cccc(C(F)(F)c3nc(CN)ccc3C)c2F)N(C(=O)OC(C)(C)C)CC1(F)F.[B-].[Na+]. The fraction of sp³-hybridized carbons (Fsp3) is 0.538. The maximum atomic E-state index is 15.8. The van der Waals surface area contributed by atoms with Gasteiger partial charge in [-0.25, -0.2) is 36.1 Å². The molecule has 1 amide bonds. The second kappa shape index (κ2) is 13.9. The van der Waals surface area contributed by atoms with Crippen LogP contribution in [0.2, 0.25) is 0 Å². The van der Waals surface area contributed by atoms with Crippen molar-refractivity contribution in [1.82, 2.24) is 14.6 Å². The average Bonchev–Trinajstić information content (AvgIpc) is 3.08. The molecule has 2 aromatic rings. The minimum Gasteiger partial charge on any atom is -1.00 e. The zero-order chi connectivity index (χ0) is 30.3. The van der Waals surface area contributed by atoms with Crippen LogP contribution in [0.25, 0.3) is 0 Å². The van der Waals surface area contributed by atoms with Gasteiger partial charge >= 0.3 is 41.6 Å². The Morgan fingerprint density at radius 3 is 2.38 bits per heavy atom. The van der Waals surface area contributed by atoms with Gasteiger partial charge in [0, 0.05) is 6.54 Å². The van der Waals surface area contributed by atoms with Gasteiger partial charge in [-0.2, -0.15) is 8.78 Å². The van der Waals surface area contributed by atoms with Crippen LogP contribution in [0.1, 0.15) is 55.8 Å². The van der Waals surface area contributed by atoms with Crippen molar-refractivity contribution in [3.8, 4) is 0 Å². The number of halogens is 5. The quantitative estimate of drug-likeness (QED) is 0.332. The first-order valence-corrected chi connectivity index (χ1v) is 14.2. The summed E-state index contributed by atoms with van der Waals surface area (Å²) >= 11 is 0. The number of ether oxygens (including phenoxy) is 1. The third-order valence-electron chi connectivity index (χ3n) is 6.44. The van der Waals surface area contributed by atoms with Gasteiger partial charge in [0.1, 0.15) is 23.2 Å². The molecular formula is C26H33BF5N4NaO4S. The molecule has 1 aliphatic rings. The third-order valence-corrected chi connectivity index (χ3v) is 7.82. The van der Waals surface area contributed by atoms with Gasteiger partial charge in [0.2, 0.25) is 10.0 Å². The van der Waals surface area contributed by atoms with Gasteiger partial charge in [0.05, 0.1) is 29.6 Å². The summed E-state index contributed by atoms with van der Waals surface area (Å²) in [6, 6.07) is 2.10. The van der Waals surface area contributed by atoms with Crippen molar-refractivity contribution in [3.63, 3.8) is 0 Å². The predicted octanol–water partition coefficient (Wildman–Crippen LogP) is 0.856. The molecule has 8 nitrogen and oxygen atoms in total. The minimum absolute atomic E-state index is 0. The first-order valence-electron chi connectivity index (χ1n) is 12.5. The number of alkyl halides is 4. The number of carbonyl (C=O) groups excluding carboxylic acids is 1. The number of aromatic nitrogens is 1. The van der Waals surface area contributed by atoms with E-state index in [0.29, 0.717) is 4.90 Å². The van der Waals surface area contributed by atoms with E-state index in [4.69, 9.17) is 10.5 Å². The van der Waals surface area contributed by atoms with Crippen molar-refractivity contribution in [2.45, 2.75) is 77.1 Å². The second-order valence-electron chi connectivity index (χ2n) is 10.7. The molecule has 42 heavy (non-hydrogen) atoms. The average molecular weight is 626 g/mol. The molecule has 1 aliphatic heterocycles. The predicted molar refractivity (Wildman–Crippen MR) is 144 cm³/mol. The molecule has 2 heterocycles. The minimum atomic E-state index is -4.21. The van der Waals surface area contributed by atoms with E-state index in [1.165, 1.54) is 46.8 Å². The molecule has 4 radical (unpaired) electrons. The van der Waals surface area contributed by atoms with Crippen molar-refractivity contribution in [2.75, 3.05) is 12.3 Å². The van der Waals surface area contributed by atoms with E-state index in [0.717, 1.165) is 18.2 Å². The van der Waals surface area contributed by atoms with Crippen LogP contribution < -0.4 is 40.0 Å². The van der Waals surface area contributed by atoms with Crippen LogP contribution >= 0.6 is 0 Å². The van der Waals surface area contributed by atoms with Crippen LogP contribution in [0.3, 0.4) is 0 Å². The standard InChI is InChI=1S/C26H33F5N4O4S.B.Na/c1-6-40(37,38)34-22-19(35(14-25(22,28)29)23(36)39-24(3,4)5)12-16-8-7-9-18(20(16)27)26(30,31)21-15(2)10-11-17(13-32)33-21;;/h7-11,19,22,34H,6,12-14,32H2,1-5H3;;/q;-1;+1/t19-,22+;;/m0../s1. The summed E-state index contributed by atoms with van der Waals surface area (Å²) in [6.45, 7) is 5.78. The molecule has 16 heteroatoms. The number of carbonyl (C=O) groups is 1. The smallest absolute Gasteiger partial charge is 1.00 e. The van der Waals surface area contributed by atoms with Crippen molar-refractivity contribution in [2.24, 2.45) is 5.73 Å². The molecule has 0 bridgehead atoms. The summed E-state index contributed by atoms with van der Waals surface area (Å²) in [6.07, 6.45) is -1.90. The fourth-order valence-electron chi connectivity index (χ4n) is 4.43. The number of hydrogen-bond acceptors (Lipinski definition) is 6. The van der Waals surface area contributed by atoms with E-state index in [2.05, 4.69) is 4.98 Å². The van der Waals surface area contributed by atoms with Crippen LogP contribution in [0.5, 0.6) is 0 Å². The van der Waals surface area contributed by atoms with Crippen LogP contribution in [-0.2, 0) is 33.6 Å². The number of aryl methyl sites for hydroxylation is 1. The Kier molecular flexibility index (Phi) is 12.7. The topological polar surface area (TPSA) is 115 Å². The number of nitrogens with one attached hydrogen (secondary N) is 1.